The molecular formula is C21H26ClN3O4S. The molecule has 2 aromatic carbocycles. The van der Waals surface area contributed by atoms with Crippen molar-refractivity contribution in [3.63, 3.8) is 0 Å². The van der Waals surface area contributed by atoms with Crippen molar-refractivity contribution in [2.75, 3.05) is 54.8 Å². The minimum absolute atomic E-state index is 0.238. The number of amides is 1. The molecule has 1 saturated heterocycles. The Hall–Kier alpha value is -2.45. The number of halogens is 1. The normalized spacial score (nSPS) is 14.5. The zero-order chi connectivity index (χ0) is 21.7. The molecule has 9 heteroatoms. The first-order valence-electron chi connectivity index (χ1n) is 9.77. The average Bonchev–Trinajstić information content (AvgIpc) is 2.72. The largest absolute Gasteiger partial charge is 0.492 e. The highest BCUT2D eigenvalue weighted by Crippen LogP contribution is 2.30. The van der Waals surface area contributed by atoms with E-state index in [1.807, 2.05) is 31.2 Å². The molecule has 30 heavy (non-hydrogen) atoms. The lowest BCUT2D eigenvalue weighted by Gasteiger charge is -2.37. The molecule has 0 radical (unpaired) electrons. The third kappa shape index (κ3) is 5.37. The zero-order valence-corrected chi connectivity index (χ0v) is 18.7. The molecule has 1 aliphatic rings. The smallest absolute Gasteiger partial charge is 0.243 e. The summed E-state index contributed by atoms with van der Waals surface area (Å²) in [4.78, 5) is 16.8. The maximum absolute atomic E-state index is 12.9. The molecule has 2 aromatic rings. The predicted molar refractivity (Wildman–Crippen MR) is 120 cm³/mol. The number of para-hydroxylation sites is 2. The van der Waals surface area contributed by atoms with Gasteiger partial charge in [0.1, 0.15) is 12.3 Å². The van der Waals surface area contributed by atoms with Crippen LogP contribution in [0.15, 0.2) is 48.5 Å². The Kier molecular flexibility index (Phi) is 7.10. The van der Waals surface area contributed by atoms with E-state index in [1.165, 1.54) is 0 Å². The molecule has 0 saturated carbocycles. The van der Waals surface area contributed by atoms with E-state index in [0.717, 1.165) is 16.2 Å². The van der Waals surface area contributed by atoms with Gasteiger partial charge in [0.2, 0.25) is 15.9 Å². The average molecular weight is 452 g/mol. The number of piperazine rings is 1. The monoisotopic (exact) mass is 451 g/mol. The molecule has 0 spiro atoms. The van der Waals surface area contributed by atoms with Gasteiger partial charge < -0.3 is 14.5 Å². The Bertz CT molecular complexity index is 991. The van der Waals surface area contributed by atoms with Crippen molar-refractivity contribution in [2.45, 2.75) is 6.92 Å². The van der Waals surface area contributed by atoms with Crippen LogP contribution in [-0.4, -0.2) is 64.8 Å². The number of ether oxygens (including phenoxy) is 1. The summed E-state index contributed by atoms with van der Waals surface area (Å²) >= 11 is 6.07. The Morgan fingerprint density at radius 3 is 2.43 bits per heavy atom. The molecule has 0 atom stereocenters. The van der Waals surface area contributed by atoms with Crippen molar-refractivity contribution in [3.05, 3.63) is 53.6 Å². The number of hydrogen-bond donors (Lipinski definition) is 0. The number of hydrogen-bond acceptors (Lipinski definition) is 5. The molecule has 1 aliphatic heterocycles. The summed E-state index contributed by atoms with van der Waals surface area (Å²) in [6.45, 7) is 4.29. The summed E-state index contributed by atoms with van der Waals surface area (Å²) in [5.74, 6) is 0.196. The van der Waals surface area contributed by atoms with Crippen LogP contribution in [0.5, 0.6) is 5.75 Å². The van der Waals surface area contributed by atoms with E-state index in [4.69, 9.17) is 16.3 Å². The van der Waals surface area contributed by atoms with Crippen LogP contribution in [0.3, 0.4) is 0 Å². The maximum Gasteiger partial charge on any atom is 0.243 e. The van der Waals surface area contributed by atoms with Crippen molar-refractivity contribution < 1.29 is 17.9 Å². The number of sulfonamides is 1. The molecule has 0 unspecified atom stereocenters. The lowest BCUT2D eigenvalue weighted by molar-refractivity contribution is -0.129. The fourth-order valence-electron chi connectivity index (χ4n) is 3.43. The van der Waals surface area contributed by atoms with Gasteiger partial charge in [0, 0.05) is 36.9 Å². The molecule has 162 valence electrons. The number of nitrogens with zero attached hydrogens (tertiary/aromatic N) is 3. The second kappa shape index (κ2) is 9.57. The van der Waals surface area contributed by atoms with Crippen LogP contribution >= 0.6 is 11.6 Å². The number of benzene rings is 2. The van der Waals surface area contributed by atoms with Gasteiger partial charge in [0.15, 0.2) is 0 Å². The standard InChI is InChI=1S/C21H26ClN3O4S/c1-3-29-20-10-5-4-9-19(20)25(30(2,27)28)16-21(26)24-13-11-23(12-14-24)18-8-6-7-17(22)15-18/h4-10,15H,3,11-14,16H2,1-2H3. The molecule has 0 aliphatic carbocycles. The van der Waals surface area contributed by atoms with Crippen molar-refractivity contribution >= 4 is 38.9 Å². The van der Waals surface area contributed by atoms with Crippen LogP contribution in [0.25, 0.3) is 0 Å². The second-order valence-electron chi connectivity index (χ2n) is 7.02. The molecule has 7 nitrogen and oxygen atoms in total. The van der Waals surface area contributed by atoms with Gasteiger partial charge in [-0.2, -0.15) is 0 Å². The van der Waals surface area contributed by atoms with E-state index in [9.17, 15) is 13.2 Å². The van der Waals surface area contributed by atoms with Gasteiger partial charge in [0.25, 0.3) is 0 Å². The minimum Gasteiger partial charge on any atom is -0.492 e. The number of carbonyl (C=O) groups is 1. The van der Waals surface area contributed by atoms with Crippen molar-refractivity contribution in [3.8, 4) is 5.75 Å². The highest BCUT2D eigenvalue weighted by atomic mass is 35.5. The van der Waals surface area contributed by atoms with Crippen molar-refractivity contribution in [2.24, 2.45) is 0 Å². The lowest BCUT2D eigenvalue weighted by atomic mass is 10.2. The van der Waals surface area contributed by atoms with Crippen LogP contribution in [0.2, 0.25) is 5.02 Å². The third-order valence-corrected chi connectivity index (χ3v) is 6.28. The highest BCUT2D eigenvalue weighted by Gasteiger charge is 2.28. The summed E-state index contributed by atoms with van der Waals surface area (Å²) in [5, 5.41) is 0.669. The fraction of sp³-hybridized carbons (Fsp3) is 0.381. The van der Waals surface area contributed by atoms with Crippen LogP contribution in [0.4, 0.5) is 11.4 Å². The van der Waals surface area contributed by atoms with E-state index < -0.39 is 10.0 Å². The third-order valence-electron chi connectivity index (χ3n) is 4.92. The molecule has 0 N–H and O–H groups in total. The molecule has 0 bridgehead atoms. The zero-order valence-electron chi connectivity index (χ0n) is 17.1. The Morgan fingerprint density at radius 2 is 1.80 bits per heavy atom. The first kappa shape index (κ1) is 22.2. The predicted octanol–water partition coefficient (Wildman–Crippen LogP) is 2.85. The summed E-state index contributed by atoms with van der Waals surface area (Å²) < 4.78 is 31.6. The first-order valence-corrected chi connectivity index (χ1v) is 12.0. The van der Waals surface area contributed by atoms with Crippen LogP contribution in [0, 0.1) is 0 Å². The van der Waals surface area contributed by atoms with Gasteiger partial charge in [-0.1, -0.05) is 29.8 Å². The maximum atomic E-state index is 12.9. The summed E-state index contributed by atoms with van der Waals surface area (Å²) in [7, 11) is -3.67. The lowest BCUT2D eigenvalue weighted by Crippen LogP contribution is -2.52. The van der Waals surface area contributed by atoms with Gasteiger partial charge in [0.05, 0.1) is 18.6 Å². The van der Waals surface area contributed by atoms with E-state index in [1.54, 1.807) is 29.2 Å². The van der Waals surface area contributed by atoms with Crippen LogP contribution in [0.1, 0.15) is 6.92 Å². The van der Waals surface area contributed by atoms with E-state index in [0.29, 0.717) is 49.2 Å². The minimum atomic E-state index is -3.67. The molecule has 1 fully saturated rings. The summed E-state index contributed by atoms with van der Waals surface area (Å²) in [6.07, 6.45) is 1.10. The second-order valence-corrected chi connectivity index (χ2v) is 9.36. The molecule has 0 aromatic heterocycles. The van der Waals surface area contributed by atoms with Gasteiger partial charge in [-0.25, -0.2) is 8.42 Å². The first-order chi connectivity index (χ1) is 14.3. The Labute approximate surface area is 182 Å². The van der Waals surface area contributed by atoms with Gasteiger partial charge >= 0.3 is 0 Å². The quantitative estimate of drug-likeness (QED) is 0.647. The molecule has 3 rings (SSSR count). The fourth-order valence-corrected chi connectivity index (χ4v) is 4.47. The number of rotatable bonds is 7. The van der Waals surface area contributed by atoms with Crippen LogP contribution in [-0.2, 0) is 14.8 Å². The Balaban J connectivity index is 1.70. The van der Waals surface area contributed by atoms with Crippen molar-refractivity contribution in [1.82, 2.24) is 4.90 Å². The topological polar surface area (TPSA) is 70.2 Å². The van der Waals surface area contributed by atoms with E-state index >= 15 is 0 Å². The van der Waals surface area contributed by atoms with E-state index in [-0.39, 0.29) is 12.5 Å². The van der Waals surface area contributed by atoms with Crippen LogP contribution < -0.4 is 13.9 Å². The SMILES string of the molecule is CCOc1ccccc1N(CC(=O)N1CCN(c2cccc(Cl)c2)CC1)S(C)(=O)=O. The van der Waals surface area contributed by atoms with Gasteiger partial charge in [-0.15, -0.1) is 0 Å². The molecule has 1 amide bonds. The van der Waals surface area contributed by atoms with Crippen molar-refractivity contribution in [1.29, 1.82) is 0 Å². The molecule has 1 heterocycles. The number of anilines is 2. The van der Waals surface area contributed by atoms with Gasteiger partial charge in [-0.05, 0) is 37.3 Å². The summed E-state index contributed by atoms with van der Waals surface area (Å²) in [6, 6.07) is 14.5. The number of carbonyl (C=O) groups excluding carboxylic acids is 1. The highest BCUT2D eigenvalue weighted by molar-refractivity contribution is 7.92. The summed E-state index contributed by atoms with van der Waals surface area (Å²) in [5.41, 5.74) is 1.38. The molecular weight excluding hydrogens is 426 g/mol. The Morgan fingerprint density at radius 1 is 1.10 bits per heavy atom. The van der Waals surface area contributed by atoms with Gasteiger partial charge in [-0.3, -0.25) is 9.10 Å². The van der Waals surface area contributed by atoms with E-state index in [2.05, 4.69) is 4.90 Å².